The summed E-state index contributed by atoms with van der Waals surface area (Å²) >= 11 is 0. The third-order valence-electron chi connectivity index (χ3n) is 5.27. The molecule has 5 heteroatoms. The standard InChI is InChI=1S/C23H25N3O2/c1-17-7-6-10-24-21(17)16-25-11-13-26(14-12-25)23(27)20-15-18(2)28-22(20)19-8-4-3-5-9-19/h3-10,15H,11-14,16H2,1-2H3. The van der Waals surface area contributed by atoms with Gasteiger partial charge in [-0.25, -0.2) is 0 Å². The molecule has 0 aliphatic carbocycles. The number of piperazine rings is 1. The monoisotopic (exact) mass is 375 g/mol. The van der Waals surface area contributed by atoms with Gasteiger partial charge in [-0.1, -0.05) is 36.4 Å². The van der Waals surface area contributed by atoms with Gasteiger partial charge in [0.15, 0.2) is 0 Å². The summed E-state index contributed by atoms with van der Waals surface area (Å²) in [5, 5.41) is 0. The lowest BCUT2D eigenvalue weighted by Crippen LogP contribution is -2.48. The molecule has 0 N–H and O–H groups in total. The van der Waals surface area contributed by atoms with Crippen LogP contribution in [0.5, 0.6) is 0 Å². The smallest absolute Gasteiger partial charge is 0.257 e. The van der Waals surface area contributed by atoms with Crippen molar-refractivity contribution in [2.45, 2.75) is 20.4 Å². The third-order valence-corrected chi connectivity index (χ3v) is 5.27. The predicted octanol–water partition coefficient (Wildman–Crippen LogP) is 3.92. The number of carbonyl (C=O) groups is 1. The highest BCUT2D eigenvalue weighted by Gasteiger charge is 2.26. The van der Waals surface area contributed by atoms with Crippen LogP contribution in [0.4, 0.5) is 0 Å². The Bertz CT molecular complexity index is 957. The first kappa shape index (κ1) is 18.4. The number of aryl methyl sites for hydroxylation is 2. The molecule has 3 heterocycles. The molecule has 2 aromatic heterocycles. The van der Waals surface area contributed by atoms with Gasteiger partial charge in [-0.15, -0.1) is 0 Å². The number of amides is 1. The number of carbonyl (C=O) groups excluding carboxylic acids is 1. The fourth-order valence-electron chi connectivity index (χ4n) is 3.65. The number of furan rings is 1. The second-order valence-corrected chi connectivity index (χ2v) is 7.30. The summed E-state index contributed by atoms with van der Waals surface area (Å²) in [6, 6.07) is 15.7. The number of pyridine rings is 1. The van der Waals surface area contributed by atoms with Crippen molar-refractivity contribution in [3.63, 3.8) is 0 Å². The van der Waals surface area contributed by atoms with Gasteiger partial charge < -0.3 is 9.32 Å². The quantitative estimate of drug-likeness (QED) is 0.694. The number of rotatable bonds is 4. The van der Waals surface area contributed by atoms with Crippen LogP contribution in [-0.2, 0) is 6.54 Å². The van der Waals surface area contributed by atoms with E-state index in [1.165, 1.54) is 5.56 Å². The zero-order chi connectivity index (χ0) is 19.5. The number of hydrogen-bond acceptors (Lipinski definition) is 4. The fraction of sp³-hybridized carbons (Fsp3) is 0.304. The first-order valence-electron chi connectivity index (χ1n) is 9.70. The van der Waals surface area contributed by atoms with Crippen LogP contribution < -0.4 is 0 Å². The highest BCUT2D eigenvalue weighted by atomic mass is 16.3. The Morgan fingerprint density at radius 2 is 1.79 bits per heavy atom. The molecule has 3 aromatic rings. The lowest BCUT2D eigenvalue weighted by Gasteiger charge is -2.34. The summed E-state index contributed by atoms with van der Waals surface area (Å²) in [5.74, 6) is 1.46. The average Bonchev–Trinajstić information content (AvgIpc) is 3.12. The van der Waals surface area contributed by atoms with Crippen molar-refractivity contribution >= 4 is 5.91 Å². The van der Waals surface area contributed by atoms with Crippen LogP contribution in [-0.4, -0.2) is 46.9 Å². The fourth-order valence-corrected chi connectivity index (χ4v) is 3.65. The van der Waals surface area contributed by atoms with Gasteiger partial charge in [0.25, 0.3) is 5.91 Å². The van der Waals surface area contributed by atoms with Crippen LogP contribution in [0, 0.1) is 13.8 Å². The minimum atomic E-state index is 0.0457. The molecule has 0 radical (unpaired) electrons. The first-order valence-corrected chi connectivity index (χ1v) is 9.70. The average molecular weight is 375 g/mol. The van der Waals surface area contributed by atoms with Gasteiger partial charge >= 0.3 is 0 Å². The summed E-state index contributed by atoms with van der Waals surface area (Å²) in [4.78, 5) is 21.9. The minimum absolute atomic E-state index is 0.0457. The molecular weight excluding hydrogens is 350 g/mol. The summed E-state index contributed by atoms with van der Waals surface area (Å²) < 4.78 is 5.86. The largest absolute Gasteiger partial charge is 0.461 e. The molecule has 0 bridgehead atoms. The topological polar surface area (TPSA) is 49.6 Å². The van der Waals surface area contributed by atoms with E-state index < -0.39 is 0 Å². The molecule has 1 aliphatic rings. The van der Waals surface area contributed by atoms with Crippen LogP contribution in [0.3, 0.4) is 0 Å². The van der Waals surface area contributed by atoms with E-state index in [1.807, 2.05) is 60.5 Å². The van der Waals surface area contributed by atoms with E-state index in [9.17, 15) is 4.79 Å². The molecule has 1 aliphatic heterocycles. The van der Waals surface area contributed by atoms with E-state index >= 15 is 0 Å². The minimum Gasteiger partial charge on any atom is -0.461 e. The van der Waals surface area contributed by atoms with E-state index in [4.69, 9.17) is 4.42 Å². The van der Waals surface area contributed by atoms with Crippen LogP contribution >= 0.6 is 0 Å². The molecule has 0 spiro atoms. The number of benzene rings is 1. The van der Waals surface area contributed by atoms with Crippen molar-refractivity contribution in [1.29, 1.82) is 0 Å². The maximum atomic E-state index is 13.2. The third kappa shape index (κ3) is 3.85. The Kier molecular flexibility index (Phi) is 5.26. The zero-order valence-corrected chi connectivity index (χ0v) is 16.4. The van der Waals surface area contributed by atoms with Crippen molar-refractivity contribution < 1.29 is 9.21 Å². The van der Waals surface area contributed by atoms with E-state index in [0.717, 1.165) is 36.7 Å². The van der Waals surface area contributed by atoms with Crippen molar-refractivity contribution in [3.05, 3.63) is 77.3 Å². The van der Waals surface area contributed by atoms with Gasteiger partial charge in [-0.05, 0) is 31.5 Å². The van der Waals surface area contributed by atoms with Crippen LogP contribution in [0.15, 0.2) is 59.1 Å². The first-order chi connectivity index (χ1) is 13.6. The van der Waals surface area contributed by atoms with Crippen LogP contribution in [0.2, 0.25) is 0 Å². The SMILES string of the molecule is Cc1cc(C(=O)N2CCN(Cc3ncccc3C)CC2)c(-c2ccccc2)o1. The second kappa shape index (κ2) is 7.98. The van der Waals surface area contributed by atoms with Gasteiger partial charge in [0, 0.05) is 44.5 Å². The van der Waals surface area contributed by atoms with E-state index in [1.54, 1.807) is 0 Å². The molecule has 1 amide bonds. The molecule has 1 aromatic carbocycles. The van der Waals surface area contributed by atoms with Crippen LogP contribution in [0.1, 0.15) is 27.4 Å². The molecule has 28 heavy (non-hydrogen) atoms. The Morgan fingerprint density at radius 3 is 2.50 bits per heavy atom. The van der Waals surface area contributed by atoms with Crippen molar-refractivity contribution in [3.8, 4) is 11.3 Å². The Balaban J connectivity index is 1.44. The predicted molar refractivity (Wildman–Crippen MR) is 109 cm³/mol. The van der Waals surface area contributed by atoms with Gasteiger partial charge in [-0.3, -0.25) is 14.7 Å². The molecule has 144 valence electrons. The van der Waals surface area contributed by atoms with Gasteiger partial charge in [0.05, 0.1) is 11.3 Å². The maximum absolute atomic E-state index is 13.2. The number of aromatic nitrogens is 1. The van der Waals surface area contributed by atoms with Gasteiger partial charge in [0.1, 0.15) is 11.5 Å². The Labute approximate surface area is 165 Å². The van der Waals surface area contributed by atoms with E-state index in [-0.39, 0.29) is 5.91 Å². The highest BCUT2D eigenvalue weighted by Crippen LogP contribution is 2.28. The molecule has 1 saturated heterocycles. The number of nitrogens with zero attached hydrogens (tertiary/aromatic N) is 3. The Hall–Kier alpha value is -2.92. The molecule has 4 rings (SSSR count). The van der Waals surface area contributed by atoms with Crippen molar-refractivity contribution in [1.82, 2.24) is 14.8 Å². The van der Waals surface area contributed by atoms with Crippen molar-refractivity contribution in [2.24, 2.45) is 0 Å². The highest BCUT2D eigenvalue weighted by molar-refractivity contribution is 6.00. The zero-order valence-electron chi connectivity index (χ0n) is 16.4. The van der Waals surface area contributed by atoms with Gasteiger partial charge in [0.2, 0.25) is 0 Å². The molecular formula is C23H25N3O2. The van der Waals surface area contributed by atoms with E-state index in [2.05, 4.69) is 22.9 Å². The Morgan fingerprint density at radius 1 is 1.04 bits per heavy atom. The molecule has 5 nitrogen and oxygen atoms in total. The molecule has 1 fully saturated rings. The summed E-state index contributed by atoms with van der Waals surface area (Å²) in [5.41, 5.74) is 3.91. The summed E-state index contributed by atoms with van der Waals surface area (Å²) in [6.45, 7) is 7.92. The van der Waals surface area contributed by atoms with Crippen LogP contribution in [0.25, 0.3) is 11.3 Å². The summed E-state index contributed by atoms with van der Waals surface area (Å²) in [7, 11) is 0. The van der Waals surface area contributed by atoms with Gasteiger partial charge in [-0.2, -0.15) is 0 Å². The molecule has 0 unspecified atom stereocenters. The lowest BCUT2D eigenvalue weighted by atomic mass is 10.1. The normalized spacial score (nSPS) is 15.0. The van der Waals surface area contributed by atoms with Crippen molar-refractivity contribution in [2.75, 3.05) is 26.2 Å². The maximum Gasteiger partial charge on any atom is 0.257 e. The van der Waals surface area contributed by atoms with E-state index in [0.29, 0.717) is 24.4 Å². The summed E-state index contributed by atoms with van der Waals surface area (Å²) in [6.07, 6.45) is 1.84. The lowest BCUT2D eigenvalue weighted by molar-refractivity contribution is 0.0627. The molecule has 0 atom stereocenters. The second-order valence-electron chi connectivity index (χ2n) is 7.30. The number of hydrogen-bond donors (Lipinski definition) is 0. The molecule has 0 saturated carbocycles.